The normalized spacial score (nSPS) is 20.3. The van der Waals surface area contributed by atoms with Crippen LogP contribution in [0.3, 0.4) is 0 Å². The lowest BCUT2D eigenvalue weighted by molar-refractivity contribution is 0.122. The number of benzene rings is 2. The minimum absolute atomic E-state index is 0.207. The van der Waals surface area contributed by atoms with Gasteiger partial charge in [0.15, 0.2) is 5.82 Å². The SMILES string of the molecule is Cn1ccc2c3nc(-c4ccc(NC(=O)NC5CCS(O)(O)C5)cc4)nc(N4CCOCC4)c3ccc21. The highest BCUT2D eigenvalue weighted by molar-refractivity contribution is 8.24. The van der Waals surface area contributed by atoms with Crippen LogP contribution in [0.15, 0.2) is 48.7 Å². The van der Waals surface area contributed by atoms with Gasteiger partial charge in [0.1, 0.15) is 5.82 Å². The molecule has 2 amide bonds. The molecule has 37 heavy (non-hydrogen) atoms. The molecule has 2 aromatic heterocycles. The minimum atomic E-state index is -2.56. The lowest BCUT2D eigenvalue weighted by Crippen LogP contribution is -2.38. The van der Waals surface area contributed by atoms with Crippen LogP contribution in [0.2, 0.25) is 0 Å². The lowest BCUT2D eigenvalue weighted by Gasteiger charge is -2.29. The predicted molar refractivity (Wildman–Crippen MR) is 148 cm³/mol. The third-order valence-electron chi connectivity index (χ3n) is 7.02. The Morgan fingerprint density at radius 3 is 2.57 bits per heavy atom. The van der Waals surface area contributed by atoms with Crippen molar-refractivity contribution in [3.05, 3.63) is 48.7 Å². The van der Waals surface area contributed by atoms with Gasteiger partial charge in [0, 0.05) is 65.7 Å². The fraction of sp³-hybridized carbons (Fsp3) is 0.346. The largest absolute Gasteiger partial charge is 0.378 e. The summed E-state index contributed by atoms with van der Waals surface area (Å²) in [4.78, 5) is 24.6. The van der Waals surface area contributed by atoms with E-state index in [1.807, 2.05) is 37.5 Å². The van der Waals surface area contributed by atoms with E-state index in [2.05, 4.69) is 38.3 Å². The van der Waals surface area contributed by atoms with Crippen molar-refractivity contribution in [2.45, 2.75) is 12.5 Å². The molecule has 2 saturated heterocycles. The van der Waals surface area contributed by atoms with E-state index >= 15 is 0 Å². The molecule has 0 saturated carbocycles. The zero-order valence-electron chi connectivity index (χ0n) is 20.6. The smallest absolute Gasteiger partial charge is 0.319 e. The topological polar surface area (TPSA) is 125 Å². The fourth-order valence-corrected chi connectivity index (χ4v) is 6.79. The number of rotatable bonds is 4. The Labute approximate surface area is 216 Å². The number of urea groups is 1. The molecular formula is C26H30N6O4S. The van der Waals surface area contributed by atoms with Crippen molar-refractivity contribution < 1.29 is 18.6 Å². The molecule has 194 valence electrons. The first-order valence-corrected chi connectivity index (χ1v) is 14.2. The van der Waals surface area contributed by atoms with Crippen LogP contribution >= 0.6 is 10.6 Å². The quantitative estimate of drug-likeness (QED) is 0.315. The first-order valence-electron chi connectivity index (χ1n) is 12.4. The fourth-order valence-electron chi connectivity index (χ4n) is 5.06. The molecule has 1 unspecified atom stereocenters. The van der Waals surface area contributed by atoms with Gasteiger partial charge in [-0.3, -0.25) is 9.11 Å². The number of anilines is 2. The van der Waals surface area contributed by atoms with Gasteiger partial charge in [-0.05, 0) is 48.9 Å². The van der Waals surface area contributed by atoms with E-state index in [1.165, 1.54) is 0 Å². The second-order valence-electron chi connectivity index (χ2n) is 9.63. The predicted octanol–water partition coefficient (Wildman–Crippen LogP) is 4.27. The van der Waals surface area contributed by atoms with Crippen LogP contribution in [0.4, 0.5) is 16.3 Å². The maximum Gasteiger partial charge on any atom is 0.319 e. The van der Waals surface area contributed by atoms with Crippen LogP contribution < -0.4 is 15.5 Å². The van der Waals surface area contributed by atoms with Gasteiger partial charge in [0.2, 0.25) is 0 Å². The van der Waals surface area contributed by atoms with Crippen molar-refractivity contribution in [3.63, 3.8) is 0 Å². The molecule has 2 aromatic carbocycles. The summed E-state index contributed by atoms with van der Waals surface area (Å²) in [6.45, 7) is 2.87. The molecule has 0 spiro atoms. The molecule has 11 heteroatoms. The Morgan fingerprint density at radius 2 is 1.84 bits per heavy atom. The zero-order valence-corrected chi connectivity index (χ0v) is 21.4. The molecule has 6 rings (SSSR count). The number of aryl methyl sites for hydroxylation is 1. The summed E-state index contributed by atoms with van der Waals surface area (Å²) in [6, 6.07) is 13.2. The molecule has 0 aliphatic carbocycles. The van der Waals surface area contributed by atoms with Gasteiger partial charge in [-0.15, -0.1) is 0 Å². The summed E-state index contributed by atoms with van der Waals surface area (Å²) in [5.74, 6) is 2.06. The summed E-state index contributed by atoms with van der Waals surface area (Å²) in [5.41, 5.74) is 3.50. The Hall–Kier alpha value is -3.38. The van der Waals surface area contributed by atoms with Crippen LogP contribution in [0.5, 0.6) is 0 Å². The van der Waals surface area contributed by atoms with E-state index < -0.39 is 10.6 Å². The second kappa shape index (κ2) is 9.49. The second-order valence-corrected chi connectivity index (χ2v) is 12.0. The first-order chi connectivity index (χ1) is 17.9. The number of nitrogens with zero attached hydrogens (tertiary/aromatic N) is 4. The average molecular weight is 523 g/mol. The van der Waals surface area contributed by atoms with Crippen molar-refractivity contribution in [2.24, 2.45) is 7.05 Å². The van der Waals surface area contributed by atoms with Gasteiger partial charge < -0.3 is 24.8 Å². The van der Waals surface area contributed by atoms with Gasteiger partial charge in [-0.1, -0.05) is 0 Å². The summed E-state index contributed by atoms with van der Waals surface area (Å²) in [7, 11) is -0.532. The van der Waals surface area contributed by atoms with Crippen molar-refractivity contribution >= 4 is 49.9 Å². The van der Waals surface area contributed by atoms with E-state index in [9.17, 15) is 13.9 Å². The Morgan fingerprint density at radius 1 is 1.05 bits per heavy atom. The molecule has 4 N–H and O–H groups in total. The first kappa shape index (κ1) is 24.0. The maximum atomic E-state index is 12.4. The van der Waals surface area contributed by atoms with E-state index in [4.69, 9.17) is 14.7 Å². The number of amides is 2. The van der Waals surface area contributed by atoms with Gasteiger partial charge in [-0.25, -0.2) is 14.8 Å². The van der Waals surface area contributed by atoms with Crippen molar-refractivity contribution in [2.75, 3.05) is 48.0 Å². The molecule has 0 radical (unpaired) electrons. The van der Waals surface area contributed by atoms with Crippen LogP contribution in [-0.2, 0) is 11.8 Å². The van der Waals surface area contributed by atoms with Crippen LogP contribution in [0, 0.1) is 0 Å². The number of morpholine rings is 1. The number of nitrogens with one attached hydrogen (secondary N) is 2. The summed E-state index contributed by atoms with van der Waals surface area (Å²) < 4.78 is 27.2. The summed E-state index contributed by atoms with van der Waals surface area (Å²) in [5, 5.41) is 7.74. The monoisotopic (exact) mass is 522 g/mol. The zero-order chi connectivity index (χ0) is 25.6. The van der Waals surface area contributed by atoms with Gasteiger partial charge >= 0.3 is 6.03 Å². The highest BCUT2D eigenvalue weighted by atomic mass is 32.3. The number of ether oxygens (including phenoxy) is 1. The third kappa shape index (κ3) is 4.82. The Bertz CT molecular complexity index is 1470. The molecule has 4 aromatic rings. The lowest BCUT2D eigenvalue weighted by atomic mass is 10.1. The minimum Gasteiger partial charge on any atom is -0.378 e. The van der Waals surface area contributed by atoms with E-state index in [1.54, 1.807) is 0 Å². The number of hydrogen-bond donors (Lipinski definition) is 4. The van der Waals surface area contributed by atoms with Crippen LogP contribution in [-0.4, -0.2) is 73.5 Å². The highest BCUT2D eigenvalue weighted by Gasteiger charge is 2.29. The summed E-state index contributed by atoms with van der Waals surface area (Å²) >= 11 is 0. The highest BCUT2D eigenvalue weighted by Crippen LogP contribution is 2.45. The van der Waals surface area contributed by atoms with Crippen molar-refractivity contribution in [3.8, 4) is 11.4 Å². The molecule has 2 fully saturated rings. The molecule has 0 bridgehead atoms. The van der Waals surface area contributed by atoms with Gasteiger partial charge in [-0.2, -0.15) is 10.6 Å². The number of carbonyl (C=O) groups is 1. The number of aromatic nitrogens is 3. The van der Waals surface area contributed by atoms with E-state index in [-0.39, 0.29) is 17.8 Å². The van der Waals surface area contributed by atoms with Gasteiger partial charge in [0.05, 0.1) is 24.5 Å². The number of fused-ring (bicyclic) bond motifs is 3. The van der Waals surface area contributed by atoms with E-state index in [0.717, 1.165) is 46.3 Å². The maximum absolute atomic E-state index is 12.4. The van der Waals surface area contributed by atoms with Crippen molar-refractivity contribution in [1.82, 2.24) is 19.9 Å². The van der Waals surface area contributed by atoms with E-state index in [0.29, 0.717) is 36.9 Å². The standard InChI is InChI=1S/C26H30N6O4S/c1-31-10-8-20-22(31)7-6-21-23(20)29-24(30-25(21)32-11-13-36-14-12-32)17-2-4-18(5-3-17)27-26(33)28-19-9-15-37(34,35)16-19/h2-8,10,19,34-35H,9,11-16H2,1H3,(H2,27,28,33). The average Bonchev–Trinajstić information content (AvgIpc) is 3.45. The molecule has 2 aliphatic heterocycles. The Balaban J connectivity index is 1.30. The Kier molecular flexibility index (Phi) is 6.15. The molecular weight excluding hydrogens is 492 g/mol. The van der Waals surface area contributed by atoms with Crippen molar-refractivity contribution in [1.29, 1.82) is 0 Å². The van der Waals surface area contributed by atoms with Crippen LogP contribution in [0.25, 0.3) is 33.2 Å². The number of hydrogen-bond acceptors (Lipinski definition) is 7. The van der Waals surface area contributed by atoms with Crippen LogP contribution in [0.1, 0.15) is 6.42 Å². The molecule has 10 nitrogen and oxygen atoms in total. The third-order valence-corrected chi connectivity index (χ3v) is 8.84. The molecule has 1 atom stereocenters. The summed E-state index contributed by atoms with van der Waals surface area (Å²) in [6.07, 6.45) is 2.61. The van der Waals surface area contributed by atoms with Gasteiger partial charge in [0.25, 0.3) is 0 Å². The molecule has 2 aliphatic rings. The molecule has 4 heterocycles. The number of carbonyl (C=O) groups excluding carboxylic acids is 1.